The largest absolute Gasteiger partial charge is 0.371 e. The van der Waals surface area contributed by atoms with E-state index in [9.17, 15) is 4.79 Å². The first-order valence-corrected chi connectivity index (χ1v) is 8.42. The van der Waals surface area contributed by atoms with Gasteiger partial charge < -0.3 is 10.1 Å². The molecule has 2 heterocycles. The maximum atomic E-state index is 11.4. The van der Waals surface area contributed by atoms with Crippen LogP contribution in [-0.2, 0) is 11.3 Å². The van der Waals surface area contributed by atoms with Crippen molar-refractivity contribution in [1.82, 2.24) is 19.9 Å². The van der Waals surface area contributed by atoms with Crippen molar-refractivity contribution < 1.29 is 9.53 Å². The second-order valence-electron chi connectivity index (χ2n) is 6.95. The SMILES string of the molecule is CNC(=O)Nc1cn2nc(-c3cccc(COC(C)(C)C)c3)ccc2n1. The summed E-state index contributed by atoms with van der Waals surface area (Å²) in [6, 6.07) is 11.6. The first-order chi connectivity index (χ1) is 12.3. The van der Waals surface area contributed by atoms with E-state index in [1.54, 1.807) is 17.8 Å². The quantitative estimate of drug-likeness (QED) is 0.753. The predicted molar refractivity (Wildman–Crippen MR) is 101 cm³/mol. The van der Waals surface area contributed by atoms with Gasteiger partial charge in [0.15, 0.2) is 11.5 Å². The Balaban J connectivity index is 1.84. The minimum atomic E-state index is -0.319. The van der Waals surface area contributed by atoms with Gasteiger partial charge >= 0.3 is 6.03 Å². The molecule has 2 N–H and O–H groups in total. The molecule has 0 aliphatic rings. The lowest BCUT2D eigenvalue weighted by Gasteiger charge is -2.19. The number of fused-ring (bicyclic) bond motifs is 1. The van der Waals surface area contributed by atoms with Crippen LogP contribution in [0.3, 0.4) is 0 Å². The third kappa shape index (κ3) is 4.37. The van der Waals surface area contributed by atoms with Crippen LogP contribution >= 0.6 is 0 Å². The van der Waals surface area contributed by atoms with Gasteiger partial charge in [-0.3, -0.25) is 5.32 Å². The summed E-state index contributed by atoms with van der Waals surface area (Å²) in [5.74, 6) is 0.446. The molecular weight excluding hydrogens is 330 g/mol. The third-order valence-electron chi connectivity index (χ3n) is 3.68. The Hall–Kier alpha value is -2.93. The molecule has 3 rings (SSSR count). The maximum Gasteiger partial charge on any atom is 0.320 e. The molecule has 7 nitrogen and oxygen atoms in total. The van der Waals surface area contributed by atoms with Gasteiger partial charge in [-0.1, -0.05) is 18.2 Å². The highest BCUT2D eigenvalue weighted by molar-refractivity contribution is 5.88. The summed E-state index contributed by atoms with van der Waals surface area (Å²) in [5, 5.41) is 9.72. The normalized spacial score (nSPS) is 11.5. The van der Waals surface area contributed by atoms with Crippen LogP contribution in [-0.4, -0.2) is 33.3 Å². The van der Waals surface area contributed by atoms with Gasteiger partial charge in [0, 0.05) is 12.6 Å². The van der Waals surface area contributed by atoms with Gasteiger partial charge in [0.05, 0.1) is 24.1 Å². The van der Waals surface area contributed by atoms with Crippen molar-refractivity contribution in [3.8, 4) is 11.3 Å². The van der Waals surface area contributed by atoms with Gasteiger partial charge in [-0.15, -0.1) is 0 Å². The molecular formula is C19H23N5O2. The molecule has 1 aromatic carbocycles. The van der Waals surface area contributed by atoms with Crippen molar-refractivity contribution in [3.05, 3.63) is 48.2 Å². The fraction of sp³-hybridized carbons (Fsp3) is 0.316. The molecule has 0 spiro atoms. The lowest BCUT2D eigenvalue weighted by atomic mass is 10.1. The molecule has 0 aliphatic carbocycles. The Labute approximate surface area is 152 Å². The summed E-state index contributed by atoms with van der Waals surface area (Å²) >= 11 is 0. The number of benzene rings is 1. The highest BCUT2D eigenvalue weighted by atomic mass is 16.5. The predicted octanol–water partition coefficient (Wildman–Crippen LogP) is 3.46. The van der Waals surface area contributed by atoms with Crippen LogP contribution < -0.4 is 10.6 Å². The first kappa shape index (κ1) is 17.9. The average Bonchev–Trinajstić information content (AvgIpc) is 3.00. The lowest BCUT2D eigenvalue weighted by Crippen LogP contribution is -2.24. The van der Waals surface area contributed by atoms with Crippen molar-refractivity contribution in [2.45, 2.75) is 33.0 Å². The number of carbonyl (C=O) groups excluding carboxylic acids is 1. The second kappa shape index (κ2) is 7.13. The van der Waals surface area contributed by atoms with Crippen LogP contribution in [0.25, 0.3) is 16.9 Å². The molecule has 2 aromatic heterocycles. The Bertz CT molecular complexity index is 927. The van der Waals surface area contributed by atoms with Gasteiger partial charge in [-0.2, -0.15) is 5.10 Å². The average molecular weight is 353 g/mol. The molecule has 26 heavy (non-hydrogen) atoms. The number of nitrogens with one attached hydrogen (secondary N) is 2. The number of urea groups is 1. The van der Waals surface area contributed by atoms with E-state index in [0.29, 0.717) is 18.1 Å². The number of ether oxygens (including phenoxy) is 1. The second-order valence-corrected chi connectivity index (χ2v) is 6.95. The number of nitrogens with zero attached hydrogens (tertiary/aromatic N) is 3. The summed E-state index contributed by atoms with van der Waals surface area (Å²) < 4.78 is 7.50. The highest BCUT2D eigenvalue weighted by Crippen LogP contribution is 2.21. The van der Waals surface area contributed by atoms with E-state index in [4.69, 9.17) is 4.74 Å². The van der Waals surface area contributed by atoms with Crippen molar-refractivity contribution in [2.24, 2.45) is 0 Å². The summed E-state index contributed by atoms with van der Waals surface area (Å²) in [6.45, 7) is 6.66. The van der Waals surface area contributed by atoms with E-state index in [1.807, 2.05) is 51.1 Å². The van der Waals surface area contributed by atoms with Crippen LogP contribution in [0.1, 0.15) is 26.3 Å². The van der Waals surface area contributed by atoms with E-state index < -0.39 is 0 Å². The number of aromatic nitrogens is 3. The zero-order valence-electron chi connectivity index (χ0n) is 15.4. The van der Waals surface area contributed by atoms with E-state index in [2.05, 4.69) is 26.8 Å². The number of carbonyl (C=O) groups is 1. The molecule has 0 bridgehead atoms. The van der Waals surface area contributed by atoms with Crippen molar-refractivity contribution in [1.29, 1.82) is 0 Å². The van der Waals surface area contributed by atoms with Gasteiger partial charge in [0.2, 0.25) is 0 Å². The summed E-state index contributed by atoms with van der Waals surface area (Å²) in [6.07, 6.45) is 1.68. The minimum absolute atomic E-state index is 0.182. The number of anilines is 1. The fourth-order valence-corrected chi connectivity index (χ4v) is 2.40. The molecule has 2 amide bonds. The Morgan fingerprint density at radius 1 is 1.23 bits per heavy atom. The number of hydrogen-bond acceptors (Lipinski definition) is 4. The van der Waals surface area contributed by atoms with E-state index in [0.717, 1.165) is 16.8 Å². The van der Waals surface area contributed by atoms with Crippen LogP contribution in [0.2, 0.25) is 0 Å². The zero-order valence-corrected chi connectivity index (χ0v) is 15.4. The van der Waals surface area contributed by atoms with Crippen LogP contribution in [0.5, 0.6) is 0 Å². The van der Waals surface area contributed by atoms with E-state index in [-0.39, 0.29) is 11.6 Å². The van der Waals surface area contributed by atoms with Crippen molar-refractivity contribution in [2.75, 3.05) is 12.4 Å². The molecule has 3 aromatic rings. The van der Waals surface area contributed by atoms with Gasteiger partial charge in [0.25, 0.3) is 0 Å². The summed E-state index contributed by atoms with van der Waals surface area (Å²) in [4.78, 5) is 15.7. The van der Waals surface area contributed by atoms with Crippen LogP contribution in [0.4, 0.5) is 10.6 Å². The van der Waals surface area contributed by atoms with Crippen LogP contribution in [0, 0.1) is 0 Å². The number of hydrogen-bond donors (Lipinski definition) is 2. The third-order valence-corrected chi connectivity index (χ3v) is 3.68. The van der Waals surface area contributed by atoms with Gasteiger partial charge in [0.1, 0.15) is 0 Å². The van der Waals surface area contributed by atoms with Crippen LogP contribution in [0.15, 0.2) is 42.6 Å². The summed E-state index contributed by atoms with van der Waals surface area (Å²) in [5.41, 5.74) is 3.38. The smallest absolute Gasteiger partial charge is 0.320 e. The molecule has 7 heteroatoms. The number of amides is 2. The summed E-state index contributed by atoms with van der Waals surface area (Å²) in [7, 11) is 1.55. The maximum absolute atomic E-state index is 11.4. The van der Waals surface area contributed by atoms with Crippen molar-refractivity contribution >= 4 is 17.5 Å². The van der Waals surface area contributed by atoms with E-state index in [1.165, 1.54) is 0 Å². The molecule has 136 valence electrons. The number of imidazole rings is 1. The molecule has 0 atom stereocenters. The first-order valence-electron chi connectivity index (χ1n) is 8.42. The molecule has 0 aliphatic heterocycles. The van der Waals surface area contributed by atoms with E-state index >= 15 is 0 Å². The zero-order chi connectivity index (χ0) is 18.7. The van der Waals surface area contributed by atoms with Gasteiger partial charge in [-0.25, -0.2) is 14.3 Å². The lowest BCUT2D eigenvalue weighted by molar-refractivity contribution is -0.0149. The Kier molecular flexibility index (Phi) is 4.90. The fourth-order valence-electron chi connectivity index (χ4n) is 2.40. The molecule has 0 saturated carbocycles. The molecule has 0 saturated heterocycles. The topological polar surface area (TPSA) is 80.6 Å². The molecule has 0 fully saturated rings. The highest BCUT2D eigenvalue weighted by Gasteiger charge is 2.11. The van der Waals surface area contributed by atoms with Crippen molar-refractivity contribution in [3.63, 3.8) is 0 Å². The molecule has 0 unspecified atom stereocenters. The Morgan fingerprint density at radius 3 is 2.77 bits per heavy atom. The monoisotopic (exact) mass is 353 g/mol. The Morgan fingerprint density at radius 2 is 2.04 bits per heavy atom. The van der Waals surface area contributed by atoms with Gasteiger partial charge in [-0.05, 0) is 44.5 Å². The minimum Gasteiger partial charge on any atom is -0.371 e. The number of rotatable bonds is 4. The molecule has 0 radical (unpaired) electrons. The standard InChI is InChI=1S/C19H23N5O2/c1-19(2,3)26-12-13-6-5-7-14(10-13)15-8-9-17-21-16(11-24(17)23-15)22-18(25)20-4/h5-11H,12H2,1-4H3,(H2,20,22,25).